The average Bonchev–Trinajstić information content (AvgIpc) is 3.31. The van der Waals surface area contributed by atoms with E-state index in [1.165, 1.54) is 10.4 Å². The lowest BCUT2D eigenvalue weighted by Gasteiger charge is -2.18. The lowest BCUT2D eigenvalue weighted by molar-refractivity contribution is 0.409. The third-order valence-corrected chi connectivity index (χ3v) is 5.69. The van der Waals surface area contributed by atoms with Crippen molar-refractivity contribution in [3.05, 3.63) is 81.0 Å². The van der Waals surface area contributed by atoms with Crippen LogP contribution in [0.15, 0.2) is 75.6 Å². The van der Waals surface area contributed by atoms with Gasteiger partial charge in [-0.05, 0) is 35.7 Å². The van der Waals surface area contributed by atoms with Gasteiger partial charge in [0.05, 0.1) is 35.8 Å². The molecule has 3 aromatic rings. The topological polar surface area (TPSA) is 24.8 Å². The Labute approximate surface area is 159 Å². The SMILES string of the molecule is COc1ccccc1[C@H]1CN(c2cccc(Br)c2)N=C1c1cccs1. The predicted molar refractivity (Wildman–Crippen MR) is 108 cm³/mol. The van der Waals surface area contributed by atoms with Crippen LogP contribution >= 0.6 is 27.3 Å². The minimum atomic E-state index is 0.175. The predicted octanol–water partition coefficient (Wildman–Crippen LogP) is 5.53. The van der Waals surface area contributed by atoms with Crippen LogP contribution in [0.25, 0.3) is 0 Å². The minimum Gasteiger partial charge on any atom is -0.496 e. The zero-order chi connectivity index (χ0) is 17.2. The van der Waals surface area contributed by atoms with Gasteiger partial charge < -0.3 is 4.74 Å². The molecule has 2 heterocycles. The highest BCUT2D eigenvalue weighted by Gasteiger charge is 2.32. The van der Waals surface area contributed by atoms with Crippen molar-refractivity contribution in [2.24, 2.45) is 5.10 Å². The molecule has 0 radical (unpaired) electrons. The average molecular weight is 413 g/mol. The number of anilines is 1. The summed E-state index contributed by atoms with van der Waals surface area (Å²) in [6, 6.07) is 20.7. The van der Waals surface area contributed by atoms with Crippen LogP contribution in [0, 0.1) is 0 Å². The van der Waals surface area contributed by atoms with E-state index in [0.29, 0.717) is 0 Å². The fourth-order valence-corrected chi connectivity index (χ4v) is 4.30. The Morgan fingerprint density at radius 1 is 1.12 bits per heavy atom. The van der Waals surface area contributed by atoms with Gasteiger partial charge in [0.25, 0.3) is 0 Å². The van der Waals surface area contributed by atoms with E-state index in [9.17, 15) is 0 Å². The van der Waals surface area contributed by atoms with Crippen molar-refractivity contribution >= 4 is 38.7 Å². The van der Waals surface area contributed by atoms with Crippen LogP contribution in [0.2, 0.25) is 0 Å². The number of hydrogen-bond donors (Lipinski definition) is 0. The number of hydrazone groups is 1. The summed E-state index contributed by atoms with van der Waals surface area (Å²) in [6.45, 7) is 0.796. The molecule has 0 saturated heterocycles. The highest BCUT2D eigenvalue weighted by atomic mass is 79.9. The van der Waals surface area contributed by atoms with Gasteiger partial charge in [-0.3, -0.25) is 5.01 Å². The molecule has 0 saturated carbocycles. The highest BCUT2D eigenvalue weighted by molar-refractivity contribution is 9.10. The Bertz CT molecular complexity index is 908. The molecule has 4 rings (SSSR count). The van der Waals surface area contributed by atoms with Gasteiger partial charge >= 0.3 is 0 Å². The number of para-hydroxylation sites is 1. The summed E-state index contributed by atoms with van der Waals surface area (Å²) in [5.74, 6) is 1.08. The van der Waals surface area contributed by atoms with E-state index in [4.69, 9.17) is 9.84 Å². The molecule has 0 fully saturated rings. The molecule has 0 bridgehead atoms. The number of nitrogens with zero attached hydrogens (tertiary/aromatic N) is 2. The maximum Gasteiger partial charge on any atom is 0.122 e. The third-order valence-electron chi connectivity index (χ3n) is 4.31. The standard InChI is InChI=1S/C20H17BrN2OS/c1-24-18-9-3-2-8-16(18)17-13-23(15-7-4-6-14(21)12-15)22-20(17)19-10-5-11-25-19/h2-12,17H,13H2,1H3/t17-/m1/s1. The Morgan fingerprint density at radius 3 is 2.76 bits per heavy atom. The number of thiophene rings is 1. The second-order valence-corrected chi connectivity index (χ2v) is 7.68. The van der Waals surface area contributed by atoms with Crippen LogP contribution < -0.4 is 9.75 Å². The van der Waals surface area contributed by atoms with E-state index in [2.05, 4.69) is 62.7 Å². The first-order valence-corrected chi connectivity index (χ1v) is 9.72. The van der Waals surface area contributed by atoms with Gasteiger partial charge in [0, 0.05) is 10.0 Å². The molecule has 0 N–H and O–H groups in total. The van der Waals surface area contributed by atoms with Gasteiger partial charge in [-0.15, -0.1) is 11.3 Å². The fraction of sp³-hybridized carbons (Fsp3) is 0.150. The Kier molecular flexibility index (Phi) is 4.59. The first-order chi connectivity index (χ1) is 12.3. The van der Waals surface area contributed by atoms with Crippen LogP contribution in [0.5, 0.6) is 5.75 Å². The number of halogens is 1. The van der Waals surface area contributed by atoms with Gasteiger partial charge in [-0.2, -0.15) is 5.10 Å². The molecular formula is C20H17BrN2OS. The summed E-state index contributed by atoms with van der Waals surface area (Å²) in [5.41, 5.74) is 3.36. The summed E-state index contributed by atoms with van der Waals surface area (Å²) < 4.78 is 6.66. The van der Waals surface area contributed by atoms with Crippen LogP contribution in [-0.4, -0.2) is 19.4 Å². The zero-order valence-electron chi connectivity index (χ0n) is 13.7. The normalized spacial score (nSPS) is 16.8. The number of rotatable bonds is 4. The maximum absolute atomic E-state index is 5.61. The molecule has 2 aromatic carbocycles. The van der Waals surface area contributed by atoms with Crippen LogP contribution in [0.1, 0.15) is 16.4 Å². The van der Waals surface area contributed by atoms with Crippen LogP contribution in [0.3, 0.4) is 0 Å². The van der Waals surface area contributed by atoms with E-state index in [1.807, 2.05) is 24.3 Å². The van der Waals surface area contributed by atoms with Crippen molar-refractivity contribution in [3.8, 4) is 5.75 Å². The molecule has 1 aliphatic heterocycles. The molecule has 1 aliphatic rings. The van der Waals surface area contributed by atoms with E-state index >= 15 is 0 Å². The molecule has 1 atom stereocenters. The summed E-state index contributed by atoms with van der Waals surface area (Å²) in [6.07, 6.45) is 0. The van der Waals surface area contributed by atoms with E-state index in [-0.39, 0.29) is 5.92 Å². The second-order valence-electron chi connectivity index (χ2n) is 5.82. The summed E-state index contributed by atoms with van der Waals surface area (Å²) >= 11 is 5.28. The van der Waals surface area contributed by atoms with E-state index < -0.39 is 0 Å². The summed E-state index contributed by atoms with van der Waals surface area (Å²) in [5, 5.41) is 9.14. The van der Waals surface area contributed by atoms with Crippen molar-refractivity contribution in [3.63, 3.8) is 0 Å². The van der Waals surface area contributed by atoms with Crippen molar-refractivity contribution in [1.82, 2.24) is 0 Å². The lowest BCUT2D eigenvalue weighted by Crippen LogP contribution is -2.18. The second kappa shape index (κ2) is 7.02. The smallest absolute Gasteiger partial charge is 0.122 e. The molecule has 0 aliphatic carbocycles. The van der Waals surface area contributed by atoms with Crippen molar-refractivity contribution in [2.75, 3.05) is 18.7 Å². The third kappa shape index (κ3) is 3.22. The van der Waals surface area contributed by atoms with E-state index in [0.717, 1.165) is 28.2 Å². The Hall–Kier alpha value is -2.11. The van der Waals surface area contributed by atoms with Crippen LogP contribution in [0.4, 0.5) is 5.69 Å². The maximum atomic E-state index is 5.61. The molecule has 126 valence electrons. The van der Waals surface area contributed by atoms with E-state index in [1.54, 1.807) is 18.4 Å². The van der Waals surface area contributed by atoms with Gasteiger partial charge in [0.1, 0.15) is 5.75 Å². The lowest BCUT2D eigenvalue weighted by atomic mass is 9.93. The molecule has 0 amide bonds. The molecule has 1 aromatic heterocycles. The molecule has 25 heavy (non-hydrogen) atoms. The molecule has 0 spiro atoms. The largest absolute Gasteiger partial charge is 0.496 e. The summed E-state index contributed by atoms with van der Waals surface area (Å²) in [4.78, 5) is 1.20. The zero-order valence-corrected chi connectivity index (χ0v) is 16.1. The van der Waals surface area contributed by atoms with Gasteiger partial charge in [0.15, 0.2) is 0 Å². The van der Waals surface area contributed by atoms with Gasteiger partial charge in [-0.25, -0.2) is 0 Å². The van der Waals surface area contributed by atoms with Crippen molar-refractivity contribution < 1.29 is 4.74 Å². The number of benzene rings is 2. The monoisotopic (exact) mass is 412 g/mol. The number of methoxy groups -OCH3 is 1. The first-order valence-electron chi connectivity index (χ1n) is 8.04. The molecule has 0 unspecified atom stereocenters. The van der Waals surface area contributed by atoms with Crippen LogP contribution in [-0.2, 0) is 0 Å². The minimum absolute atomic E-state index is 0.175. The van der Waals surface area contributed by atoms with Gasteiger partial charge in [-0.1, -0.05) is 46.3 Å². The highest BCUT2D eigenvalue weighted by Crippen LogP contribution is 2.37. The quantitative estimate of drug-likeness (QED) is 0.562. The Balaban J connectivity index is 1.78. The van der Waals surface area contributed by atoms with Gasteiger partial charge in [0.2, 0.25) is 0 Å². The first kappa shape index (κ1) is 16.4. The van der Waals surface area contributed by atoms with Crippen molar-refractivity contribution in [1.29, 1.82) is 0 Å². The molecule has 5 heteroatoms. The molecule has 3 nitrogen and oxygen atoms in total. The number of ether oxygens (including phenoxy) is 1. The molecular weight excluding hydrogens is 396 g/mol. The number of hydrogen-bond acceptors (Lipinski definition) is 4. The fourth-order valence-electron chi connectivity index (χ4n) is 3.15. The van der Waals surface area contributed by atoms with Crippen molar-refractivity contribution in [2.45, 2.75) is 5.92 Å². The summed E-state index contributed by atoms with van der Waals surface area (Å²) in [7, 11) is 1.72. The Morgan fingerprint density at radius 2 is 2.00 bits per heavy atom.